The highest BCUT2D eigenvalue weighted by atomic mass is 16.5. The molecule has 4 heteroatoms. The average molecular weight is 264 g/mol. The summed E-state index contributed by atoms with van der Waals surface area (Å²) in [6, 6.07) is 9.82. The summed E-state index contributed by atoms with van der Waals surface area (Å²) in [5.74, 6) is 0. The highest BCUT2D eigenvalue weighted by Gasteiger charge is 2.32. The molecule has 1 heterocycles. The van der Waals surface area contributed by atoms with Gasteiger partial charge in [-0.05, 0) is 19.4 Å². The lowest BCUT2D eigenvalue weighted by atomic mass is 9.91. The van der Waals surface area contributed by atoms with Gasteiger partial charge in [-0.25, -0.2) is 0 Å². The van der Waals surface area contributed by atoms with Gasteiger partial charge in [-0.1, -0.05) is 30.3 Å². The summed E-state index contributed by atoms with van der Waals surface area (Å²) in [5, 5.41) is 9.72. The second-order valence-electron chi connectivity index (χ2n) is 5.63. The molecule has 1 aromatic rings. The monoisotopic (exact) mass is 264 g/mol. The summed E-state index contributed by atoms with van der Waals surface area (Å²) in [4.78, 5) is 2.28. The van der Waals surface area contributed by atoms with E-state index >= 15 is 0 Å². The molecule has 0 spiro atoms. The molecule has 3 N–H and O–H groups in total. The molecule has 0 amide bonds. The molecule has 0 saturated carbocycles. The topological polar surface area (TPSA) is 58.7 Å². The van der Waals surface area contributed by atoms with Crippen LogP contribution in [0.3, 0.4) is 0 Å². The van der Waals surface area contributed by atoms with Crippen molar-refractivity contribution in [1.29, 1.82) is 0 Å². The summed E-state index contributed by atoms with van der Waals surface area (Å²) >= 11 is 0. The Labute approximate surface area is 115 Å². The van der Waals surface area contributed by atoms with Crippen molar-refractivity contribution in [2.75, 3.05) is 26.2 Å². The van der Waals surface area contributed by atoms with Gasteiger partial charge < -0.3 is 15.6 Å². The van der Waals surface area contributed by atoms with Gasteiger partial charge >= 0.3 is 0 Å². The summed E-state index contributed by atoms with van der Waals surface area (Å²) in [5.41, 5.74) is 6.67. The van der Waals surface area contributed by atoms with Crippen LogP contribution < -0.4 is 5.73 Å². The van der Waals surface area contributed by atoms with Gasteiger partial charge in [0.25, 0.3) is 0 Å². The predicted molar refractivity (Wildman–Crippen MR) is 75.8 cm³/mol. The van der Waals surface area contributed by atoms with Crippen molar-refractivity contribution in [3.8, 4) is 0 Å². The lowest BCUT2D eigenvalue weighted by Crippen LogP contribution is -2.55. The van der Waals surface area contributed by atoms with Crippen molar-refractivity contribution in [3.05, 3.63) is 35.9 Å². The SMILES string of the molecule is C[C@@H]1CN(CC(N)(CO)c2ccccc2)C[C@H](C)O1. The Kier molecular flexibility index (Phi) is 4.58. The van der Waals surface area contributed by atoms with Crippen LogP contribution in [0.25, 0.3) is 0 Å². The molecule has 0 aliphatic carbocycles. The standard InChI is InChI=1S/C15H24N2O2/c1-12-8-17(9-13(2)19-12)10-15(16,11-18)14-6-4-3-5-7-14/h3-7,12-13,18H,8-11,16H2,1-2H3/t12-,13+,15?. The van der Waals surface area contributed by atoms with Crippen LogP contribution in [0.2, 0.25) is 0 Å². The van der Waals surface area contributed by atoms with E-state index in [4.69, 9.17) is 10.5 Å². The molecule has 1 fully saturated rings. The smallest absolute Gasteiger partial charge is 0.0772 e. The van der Waals surface area contributed by atoms with Crippen LogP contribution >= 0.6 is 0 Å². The van der Waals surface area contributed by atoms with E-state index in [-0.39, 0.29) is 18.8 Å². The van der Waals surface area contributed by atoms with Crippen LogP contribution in [0, 0.1) is 0 Å². The first-order valence-electron chi connectivity index (χ1n) is 6.86. The zero-order chi connectivity index (χ0) is 13.9. The molecule has 4 nitrogen and oxygen atoms in total. The van der Waals surface area contributed by atoms with Crippen molar-refractivity contribution in [2.45, 2.75) is 31.6 Å². The van der Waals surface area contributed by atoms with E-state index in [0.29, 0.717) is 6.54 Å². The number of rotatable bonds is 4. The van der Waals surface area contributed by atoms with E-state index in [1.54, 1.807) is 0 Å². The molecule has 1 saturated heterocycles. The highest BCUT2D eigenvalue weighted by molar-refractivity contribution is 5.24. The maximum atomic E-state index is 9.72. The van der Waals surface area contributed by atoms with Crippen molar-refractivity contribution in [1.82, 2.24) is 4.90 Å². The van der Waals surface area contributed by atoms with Crippen molar-refractivity contribution in [3.63, 3.8) is 0 Å². The number of hydrogen-bond donors (Lipinski definition) is 2. The van der Waals surface area contributed by atoms with Gasteiger partial charge in [0.2, 0.25) is 0 Å². The van der Waals surface area contributed by atoms with Crippen molar-refractivity contribution >= 4 is 0 Å². The lowest BCUT2D eigenvalue weighted by molar-refractivity contribution is -0.0750. The van der Waals surface area contributed by atoms with E-state index in [9.17, 15) is 5.11 Å². The first-order valence-corrected chi connectivity index (χ1v) is 6.86. The van der Waals surface area contributed by atoms with Gasteiger partial charge in [0.15, 0.2) is 0 Å². The quantitative estimate of drug-likeness (QED) is 0.850. The number of morpholine rings is 1. The van der Waals surface area contributed by atoms with Gasteiger partial charge in [-0.3, -0.25) is 4.90 Å². The van der Waals surface area contributed by atoms with Crippen LogP contribution in [0.4, 0.5) is 0 Å². The normalized spacial score (nSPS) is 28.0. The Morgan fingerprint density at radius 2 is 1.84 bits per heavy atom. The van der Waals surface area contributed by atoms with Crippen LogP contribution in [0.1, 0.15) is 19.4 Å². The molecular weight excluding hydrogens is 240 g/mol. The van der Waals surface area contributed by atoms with Gasteiger partial charge in [-0.15, -0.1) is 0 Å². The minimum Gasteiger partial charge on any atom is -0.394 e. The molecule has 0 aromatic heterocycles. The third kappa shape index (κ3) is 3.54. The molecule has 0 bridgehead atoms. The van der Waals surface area contributed by atoms with E-state index < -0.39 is 5.54 Å². The van der Waals surface area contributed by atoms with Crippen molar-refractivity contribution < 1.29 is 9.84 Å². The minimum atomic E-state index is -0.710. The number of ether oxygens (including phenoxy) is 1. The van der Waals surface area contributed by atoms with Gasteiger partial charge in [0.1, 0.15) is 0 Å². The molecular formula is C15H24N2O2. The third-order valence-electron chi connectivity index (χ3n) is 3.63. The second-order valence-corrected chi connectivity index (χ2v) is 5.63. The molecule has 2 rings (SSSR count). The van der Waals surface area contributed by atoms with E-state index in [0.717, 1.165) is 18.7 Å². The van der Waals surface area contributed by atoms with Crippen LogP contribution in [-0.4, -0.2) is 48.5 Å². The fourth-order valence-corrected chi connectivity index (χ4v) is 2.82. The third-order valence-corrected chi connectivity index (χ3v) is 3.63. The summed E-state index contributed by atoms with van der Waals surface area (Å²) < 4.78 is 5.73. The summed E-state index contributed by atoms with van der Waals surface area (Å²) in [6.07, 6.45) is 0.421. The molecule has 106 valence electrons. The Morgan fingerprint density at radius 3 is 2.37 bits per heavy atom. The number of hydrogen-bond acceptors (Lipinski definition) is 4. The molecule has 0 radical (unpaired) electrons. The largest absolute Gasteiger partial charge is 0.394 e. The van der Waals surface area contributed by atoms with Crippen LogP contribution in [0.15, 0.2) is 30.3 Å². The Hall–Kier alpha value is -0.940. The number of aliphatic hydroxyl groups excluding tert-OH is 1. The summed E-state index contributed by atoms with van der Waals surface area (Å²) in [7, 11) is 0. The van der Waals surface area contributed by atoms with Crippen LogP contribution in [-0.2, 0) is 10.3 Å². The van der Waals surface area contributed by atoms with E-state index in [1.807, 2.05) is 30.3 Å². The minimum absolute atomic E-state index is 0.0584. The second kappa shape index (κ2) is 6.01. The molecule has 19 heavy (non-hydrogen) atoms. The highest BCUT2D eigenvalue weighted by Crippen LogP contribution is 2.21. The van der Waals surface area contributed by atoms with Gasteiger partial charge in [-0.2, -0.15) is 0 Å². The average Bonchev–Trinajstić information content (AvgIpc) is 2.38. The molecule has 1 aliphatic heterocycles. The molecule has 1 aliphatic rings. The summed E-state index contributed by atoms with van der Waals surface area (Å²) in [6.45, 7) is 6.44. The molecule has 1 aromatic carbocycles. The van der Waals surface area contributed by atoms with Gasteiger partial charge in [0.05, 0.1) is 24.4 Å². The number of benzene rings is 1. The number of aliphatic hydroxyl groups is 1. The van der Waals surface area contributed by atoms with Gasteiger partial charge in [0, 0.05) is 19.6 Å². The Bertz CT molecular complexity index is 388. The zero-order valence-corrected chi connectivity index (χ0v) is 11.7. The zero-order valence-electron chi connectivity index (χ0n) is 11.7. The fraction of sp³-hybridized carbons (Fsp3) is 0.600. The van der Waals surface area contributed by atoms with E-state index in [2.05, 4.69) is 18.7 Å². The Balaban J connectivity index is 2.10. The molecule has 3 atom stereocenters. The number of nitrogens with two attached hydrogens (primary N) is 1. The number of nitrogens with zero attached hydrogens (tertiary/aromatic N) is 1. The van der Waals surface area contributed by atoms with Crippen LogP contribution in [0.5, 0.6) is 0 Å². The fourth-order valence-electron chi connectivity index (χ4n) is 2.82. The first kappa shape index (κ1) is 14.5. The van der Waals surface area contributed by atoms with E-state index in [1.165, 1.54) is 0 Å². The maximum Gasteiger partial charge on any atom is 0.0772 e. The maximum absolute atomic E-state index is 9.72. The first-order chi connectivity index (χ1) is 9.03. The predicted octanol–water partition coefficient (Wildman–Crippen LogP) is 0.942. The lowest BCUT2D eigenvalue weighted by Gasteiger charge is -2.40. The Morgan fingerprint density at radius 1 is 1.26 bits per heavy atom. The van der Waals surface area contributed by atoms with Crippen molar-refractivity contribution in [2.24, 2.45) is 5.73 Å². The molecule has 1 unspecified atom stereocenters.